The van der Waals surface area contributed by atoms with Gasteiger partial charge in [-0.05, 0) is 38.3 Å². The second kappa shape index (κ2) is 5.23. The maximum absolute atomic E-state index is 12.4. The Morgan fingerprint density at radius 2 is 2.05 bits per heavy atom. The number of hydrogen-bond acceptors (Lipinski definition) is 4. The van der Waals surface area contributed by atoms with Crippen LogP contribution in [0.2, 0.25) is 0 Å². The molecular formula is C15H20N4O. The maximum Gasteiger partial charge on any atom is 0.226 e. The fraction of sp³-hybridized carbons (Fsp3) is 0.533. The Labute approximate surface area is 119 Å². The maximum atomic E-state index is 12.4. The van der Waals surface area contributed by atoms with Crippen LogP contribution in [0.25, 0.3) is 0 Å². The second-order valence-corrected chi connectivity index (χ2v) is 5.73. The number of likely N-dealkylation sites (tertiary alicyclic amines) is 1. The van der Waals surface area contributed by atoms with E-state index in [4.69, 9.17) is 0 Å². The van der Waals surface area contributed by atoms with Gasteiger partial charge in [-0.1, -0.05) is 12.1 Å². The molecule has 106 valence electrons. The monoisotopic (exact) mass is 272 g/mol. The Morgan fingerprint density at radius 1 is 1.30 bits per heavy atom. The summed E-state index contributed by atoms with van der Waals surface area (Å²) in [5.74, 6) is 0.165. The van der Waals surface area contributed by atoms with Gasteiger partial charge in [0.15, 0.2) is 5.66 Å². The molecule has 2 aliphatic heterocycles. The first kappa shape index (κ1) is 13.1. The van der Waals surface area contributed by atoms with Gasteiger partial charge >= 0.3 is 0 Å². The van der Waals surface area contributed by atoms with Gasteiger partial charge in [0, 0.05) is 13.1 Å². The minimum atomic E-state index is -0.636. The summed E-state index contributed by atoms with van der Waals surface area (Å²) in [6.07, 6.45) is 3.80. The highest BCUT2D eigenvalue weighted by Gasteiger charge is 2.32. The van der Waals surface area contributed by atoms with E-state index in [1.807, 2.05) is 36.1 Å². The lowest BCUT2D eigenvalue weighted by molar-refractivity contribution is -0.133. The Morgan fingerprint density at radius 3 is 2.85 bits per heavy atom. The third-order valence-electron chi connectivity index (χ3n) is 3.89. The number of carbonyl (C=O) groups excluding carboxylic acids is 1. The van der Waals surface area contributed by atoms with E-state index in [1.54, 1.807) is 0 Å². The quantitative estimate of drug-likeness (QED) is 0.898. The molecule has 0 aliphatic carbocycles. The van der Waals surface area contributed by atoms with E-state index in [2.05, 4.69) is 15.5 Å². The molecular weight excluding hydrogens is 252 g/mol. The van der Waals surface area contributed by atoms with Crippen LogP contribution in [-0.4, -0.2) is 29.6 Å². The Hall–Kier alpha value is -1.91. The number of amides is 1. The molecule has 0 aromatic heterocycles. The van der Waals surface area contributed by atoms with Crippen molar-refractivity contribution in [3.8, 4) is 0 Å². The molecule has 2 heterocycles. The lowest BCUT2D eigenvalue weighted by atomic mass is 10.0. The van der Waals surface area contributed by atoms with Crippen LogP contribution in [0.1, 0.15) is 32.6 Å². The molecule has 0 saturated carbocycles. The molecule has 1 N–H and O–H groups in total. The molecule has 20 heavy (non-hydrogen) atoms. The summed E-state index contributed by atoms with van der Waals surface area (Å²) in [6, 6.07) is 7.77. The zero-order chi connectivity index (χ0) is 14.0. The molecule has 0 spiro atoms. The highest BCUT2D eigenvalue weighted by Crippen LogP contribution is 2.35. The van der Waals surface area contributed by atoms with E-state index in [-0.39, 0.29) is 5.91 Å². The summed E-state index contributed by atoms with van der Waals surface area (Å²) in [5.41, 5.74) is 1.13. The molecule has 1 amide bonds. The van der Waals surface area contributed by atoms with Gasteiger partial charge in [0.25, 0.3) is 0 Å². The number of anilines is 1. The van der Waals surface area contributed by atoms with Gasteiger partial charge in [-0.3, -0.25) is 4.79 Å². The summed E-state index contributed by atoms with van der Waals surface area (Å²) >= 11 is 0. The number of benzene rings is 1. The molecule has 1 unspecified atom stereocenters. The Balaban J connectivity index is 1.70. The van der Waals surface area contributed by atoms with Crippen molar-refractivity contribution in [1.82, 2.24) is 4.90 Å². The van der Waals surface area contributed by atoms with Gasteiger partial charge < -0.3 is 10.2 Å². The van der Waals surface area contributed by atoms with Crippen LogP contribution in [0.4, 0.5) is 11.4 Å². The lowest BCUT2D eigenvalue weighted by Gasteiger charge is -2.33. The minimum Gasteiger partial charge on any atom is -0.358 e. The number of nitrogens with one attached hydrogen (secondary N) is 1. The molecule has 0 bridgehead atoms. The normalized spacial score (nSPS) is 24.9. The average Bonchev–Trinajstić information content (AvgIpc) is 2.47. The predicted octanol–water partition coefficient (Wildman–Crippen LogP) is 3.31. The van der Waals surface area contributed by atoms with Gasteiger partial charge in [0.2, 0.25) is 5.91 Å². The summed E-state index contributed by atoms with van der Waals surface area (Å²) in [7, 11) is 0. The van der Waals surface area contributed by atoms with E-state index in [1.165, 1.54) is 6.42 Å². The van der Waals surface area contributed by atoms with Gasteiger partial charge in [0.1, 0.15) is 5.69 Å². The fourth-order valence-corrected chi connectivity index (χ4v) is 2.78. The predicted molar refractivity (Wildman–Crippen MR) is 78.0 cm³/mol. The van der Waals surface area contributed by atoms with E-state index >= 15 is 0 Å². The average molecular weight is 272 g/mol. The number of rotatable bonds is 2. The molecule has 1 aromatic rings. The van der Waals surface area contributed by atoms with Crippen molar-refractivity contribution in [3.63, 3.8) is 0 Å². The van der Waals surface area contributed by atoms with E-state index in [9.17, 15) is 4.79 Å². The topological polar surface area (TPSA) is 57.1 Å². The van der Waals surface area contributed by atoms with Gasteiger partial charge in [-0.15, -0.1) is 0 Å². The molecule has 0 radical (unpaired) electrons. The van der Waals surface area contributed by atoms with Crippen LogP contribution in [0.3, 0.4) is 0 Å². The third kappa shape index (κ3) is 2.66. The molecule has 1 atom stereocenters. The van der Waals surface area contributed by atoms with Gasteiger partial charge in [-0.2, -0.15) is 10.2 Å². The number of hydrogen-bond donors (Lipinski definition) is 1. The van der Waals surface area contributed by atoms with Crippen molar-refractivity contribution in [3.05, 3.63) is 24.3 Å². The van der Waals surface area contributed by atoms with Crippen molar-refractivity contribution >= 4 is 17.3 Å². The van der Waals surface area contributed by atoms with Crippen molar-refractivity contribution < 1.29 is 4.79 Å². The van der Waals surface area contributed by atoms with Crippen LogP contribution in [0.15, 0.2) is 34.5 Å². The van der Waals surface area contributed by atoms with Crippen LogP contribution in [0, 0.1) is 0 Å². The van der Waals surface area contributed by atoms with Gasteiger partial charge in [-0.25, -0.2) is 0 Å². The first-order chi connectivity index (χ1) is 9.66. The summed E-state index contributed by atoms with van der Waals surface area (Å²) < 4.78 is 0. The first-order valence-electron chi connectivity index (χ1n) is 7.24. The fourth-order valence-electron chi connectivity index (χ4n) is 2.78. The number of piperidine rings is 1. The van der Waals surface area contributed by atoms with Crippen molar-refractivity contribution in [1.29, 1.82) is 0 Å². The largest absolute Gasteiger partial charge is 0.358 e. The summed E-state index contributed by atoms with van der Waals surface area (Å²) in [5, 5.41) is 11.9. The second-order valence-electron chi connectivity index (χ2n) is 5.73. The van der Waals surface area contributed by atoms with Gasteiger partial charge in [0.05, 0.1) is 12.1 Å². The first-order valence-corrected chi connectivity index (χ1v) is 7.24. The number of fused-ring (bicyclic) bond motifs is 1. The number of nitrogens with zero attached hydrogens (tertiary/aromatic N) is 3. The number of azo groups is 1. The standard InChI is InChI=1S/C15H20N4O/c1-15(11-14(20)19-9-5-2-6-10-19)16-12-7-3-4-8-13(12)17-18-15/h3-4,7-8,16H,2,5-6,9-11H2,1H3. The summed E-state index contributed by atoms with van der Waals surface area (Å²) in [4.78, 5) is 14.3. The van der Waals surface area contributed by atoms with Crippen LogP contribution >= 0.6 is 0 Å². The Bertz CT molecular complexity index is 536. The van der Waals surface area contributed by atoms with Crippen molar-refractivity contribution in [2.45, 2.75) is 38.3 Å². The van der Waals surface area contributed by atoms with E-state index < -0.39 is 5.66 Å². The molecule has 1 saturated heterocycles. The molecule has 5 heteroatoms. The van der Waals surface area contributed by atoms with Crippen molar-refractivity contribution in [2.75, 3.05) is 18.4 Å². The third-order valence-corrected chi connectivity index (χ3v) is 3.89. The van der Waals surface area contributed by atoms with E-state index in [0.29, 0.717) is 6.42 Å². The Kier molecular flexibility index (Phi) is 3.42. The SMILES string of the molecule is CC1(CC(=O)N2CCCCC2)N=Nc2ccccc2N1. The molecule has 2 aliphatic rings. The number of carbonyl (C=O) groups is 1. The highest BCUT2D eigenvalue weighted by atomic mass is 16.2. The minimum absolute atomic E-state index is 0.165. The lowest BCUT2D eigenvalue weighted by Crippen LogP contribution is -2.43. The van der Waals surface area contributed by atoms with Crippen molar-refractivity contribution in [2.24, 2.45) is 10.2 Å². The number of para-hydroxylation sites is 1. The molecule has 5 nitrogen and oxygen atoms in total. The zero-order valence-electron chi connectivity index (χ0n) is 11.8. The van der Waals surface area contributed by atoms with Crippen LogP contribution in [-0.2, 0) is 4.79 Å². The summed E-state index contributed by atoms with van der Waals surface area (Å²) in [6.45, 7) is 3.68. The molecule has 3 rings (SSSR count). The van der Waals surface area contributed by atoms with E-state index in [0.717, 1.165) is 37.3 Å². The molecule has 1 aromatic carbocycles. The smallest absolute Gasteiger partial charge is 0.226 e. The highest BCUT2D eigenvalue weighted by molar-refractivity contribution is 5.79. The zero-order valence-corrected chi connectivity index (χ0v) is 11.8. The van der Waals surface area contributed by atoms with Crippen LogP contribution < -0.4 is 5.32 Å². The van der Waals surface area contributed by atoms with Crippen LogP contribution in [0.5, 0.6) is 0 Å². The molecule has 1 fully saturated rings.